The Morgan fingerprint density at radius 2 is 2.00 bits per heavy atom. The van der Waals surface area contributed by atoms with Crippen molar-refractivity contribution >= 4 is 21.4 Å². The lowest BCUT2D eigenvalue weighted by molar-refractivity contribution is 0.140. The van der Waals surface area contributed by atoms with E-state index >= 15 is 0 Å². The zero-order valence-electron chi connectivity index (χ0n) is 12.6. The summed E-state index contributed by atoms with van der Waals surface area (Å²) >= 11 is 1.15. The van der Waals surface area contributed by atoms with E-state index in [4.69, 9.17) is 0 Å². The number of thiazole rings is 1. The molecule has 1 aromatic heterocycles. The van der Waals surface area contributed by atoms with Crippen molar-refractivity contribution in [3.63, 3.8) is 0 Å². The second-order valence-corrected chi connectivity index (χ2v) is 8.44. The number of benzene rings is 1. The van der Waals surface area contributed by atoms with Crippen molar-refractivity contribution in [2.24, 2.45) is 0 Å². The van der Waals surface area contributed by atoms with Crippen molar-refractivity contribution < 1.29 is 13.5 Å². The van der Waals surface area contributed by atoms with Gasteiger partial charge in [-0.3, -0.25) is 0 Å². The summed E-state index contributed by atoms with van der Waals surface area (Å²) < 4.78 is 27.1. The average molecular weight is 340 g/mol. The van der Waals surface area contributed by atoms with Crippen molar-refractivity contribution in [3.05, 3.63) is 47.1 Å². The van der Waals surface area contributed by atoms with Crippen LogP contribution in [0.5, 0.6) is 0 Å². The van der Waals surface area contributed by atoms with Gasteiger partial charge in [-0.25, -0.2) is 13.4 Å². The smallest absolute Gasteiger partial charge is 0.254 e. The predicted octanol–water partition coefficient (Wildman–Crippen LogP) is 2.41. The van der Waals surface area contributed by atoms with Crippen molar-refractivity contribution in [1.29, 1.82) is 0 Å². The number of hydrogen-bond donors (Lipinski definition) is 1. The zero-order valence-corrected chi connectivity index (χ0v) is 14.3. The minimum absolute atomic E-state index is 0.0741. The van der Waals surface area contributed by atoms with Gasteiger partial charge in [-0.1, -0.05) is 37.3 Å². The summed E-state index contributed by atoms with van der Waals surface area (Å²) in [5, 5.41) is 10.6. The summed E-state index contributed by atoms with van der Waals surface area (Å²) in [5.41, 5.74) is 0.885. The largest absolute Gasteiger partial charge is 0.392 e. The fraction of sp³-hybridized carbons (Fsp3) is 0.400. The molecular weight excluding hydrogens is 320 g/mol. The molecule has 1 aromatic carbocycles. The van der Waals surface area contributed by atoms with Gasteiger partial charge in [0, 0.05) is 13.1 Å². The van der Waals surface area contributed by atoms with Crippen LogP contribution in [0.15, 0.2) is 40.7 Å². The topological polar surface area (TPSA) is 70.5 Å². The number of aryl methyl sites for hydroxylation is 1. The van der Waals surface area contributed by atoms with Gasteiger partial charge in [-0.05, 0) is 18.9 Å². The van der Waals surface area contributed by atoms with E-state index in [2.05, 4.69) is 4.98 Å². The molecule has 0 spiro atoms. The standard InChI is InChI=1S/C15H20N2O3S2/c1-3-14(18)11-17(10-13-7-5-4-6-8-13)22(19,20)15-9-16-12(2)21-15/h4-9,14,18H,3,10-11H2,1-2H3/t14-/m0/s1. The Bertz CT molecular complexity index is 699. The molecule has 120 valence electrons. The van der Waals surface area contributed by atoms with Gasteiger partial charge in [0.2, 0.25) is 0 Å². The molecule has 0 saturated heterocycles. The fourth-order valence-corrected chi connectivity index (χ4v) is 4.72. The molecule has 1 N–H and O–H groups in total. The highest BCUT2D eigenvalue weighted by Gasteiger charge is 2.28. The van der Waals surface area contributed by atoms with Crippen LogP contribution in [0.25, 0.3) is 0 Å². The van der Waals surface area contributed by atoms with Crippen LogP contribution in [0.4, 0.5) is 0 Å². The van der Waals surface area contributed by atoms with Crippen molar-refractivity contribution in [3.8, 4) is 0 Å². The van der Waals surface area contributed by atoms with Crippen LogP contribution in [0.2, 0.25) is 0 Å². The second-order valence-electron chi connectivity index (χ2n) is 5.04. The van der Waals surface area contributed by atoms with Gasteiger partial charge in [0.25, 0.3) is 10.0 Å². The van der Waals surface area contributed by atoms with E-state index in [1.54, 1.807) is 6.92 Å². The fourth-order valence-electron chi connectivity index (χ4n) is 1.99. The van der Waals surface area contributed by atoms with E-state index in [1.165, 1.54) is 10.5 Å². The van der Waals surface area contributed by atoms with Crippen molar-refractivity contribution in [2.75, 3.05) is 6.54 Å². The van der Waals surface area contributed by atoms with Crippen LogP contribution in [0.1, 0.15) is 23.9 Å². The summed E-state index contributed by atoms with van der Waals surface area (Å²) in [5.74, 6) is 0. The minimum atomic E-state index is -3.65. The molecule has 2 aromatic rings. The molecular formula is C15H20N2O3S2. The molecule has 7 heteroatoms. The molecule has 2 rings (SSSR count). The molecule has 0 radical (unpaired) electrons. The van der Waals surface area contributed by atoms with E-state index in [9.17, 15) is 13.5 Å². The van der Waals surface area contributed by atoms with E-state index in [0.717, 1.165) is 16.9 Å². The Morgan fingerprint density at radius 1 is 1.32 bits per heavy atom. The molecule has 0 fully saturated rings. The Morgan fingerprint density at radius 3 is 2.55 bits per heavy atom. The Labute approximate surface area is 135 Å². The molecule has 0 aliphatic rings. The second kappa shape index (κ2) is 7.32. The number of aliphatic hydroxyl groups is 1. The molecule has 0 amide bonds. The van der Waals surface area contributed by atoms with Crippen LogP contribution < -0.4 is 0 Å². The third-order valence-electron chi connectivity index (χ3n) is 3.28. The third-order valence-corrected chi connectivity index (χ3v) is 6.44. The lowest BCUT2D eigenvalue weighted by Gasteiger charge is -2.23. The first kappa shape index (κ1) is 17.1. The summed E-state index contributed by atoms with van der Waals surface area (Å²) in [6.45, 7) is 3.91. The van der Waals surface area contributed by atoms with Gasteiger partial charge < -0.3 is 5.11 Å². The highest BCUT2D eigenvalue weighted by atomic mass is 32.2. The molecule has 1 heterocycles. The monoisotopic (exact) mass is 340 g/mol. The number of sulfonamides is 1. The Balaban J connectivity index is 2.31. The van der Waals surface area contributed by atoms with Crippen molar-refractivity contribution in [2.45, 2.75) is 37.1 Å². The van der Waals surface area contributed by atoms with Crippen LogP contribution in [0.3, 0.4) is 0 Å². The minimum Gasteiger partial charge on any atom is -0.392 e. The number of nitrogens with zero attached hydrogens (tertiary/aromatic N) is 2. The number of rotatable bonds is 7. The maximum atomic E-state index is 12.8. The van der Waals surface area contributed by atoms with Gasteiger partial charge in [-0.2, -0.15) is 4.31 Å². The molecule has 0 aliphatic heterocycles. The number of aromatic nitrogens is 1. The summed E-state index contributed by atoms with van der Waals surface area (Å²) in [6.07, 6.45) is 1.20. The predicted molar refractivity (Wildman–Crippen MR) is 87.2 cm³/mol. The average Bonchev–Trinajstić information content (AvgIpc) is 2.95. The van der Waals surface area contributed by atoms with Crippen LogP contribution in [0, 0.1) is 6.92 Å². The summed E-state index contributed by atoms with van der Waals surface area (Å²) in [7, 11) is -3.65. The van der Waals surface area contributed by atoms with Gasteiger partial charge in [0.15, 0.2) is 4.21 Å². The Hall–Kier alpha value is -1.28. The normalized spacial score (nSPS) is 13.5. The van der Waals surface area contributed by atoms with Gasteiger partial charge >= 0.3 is 0 Å². The Kier molecular flexibility index (Phi) is 5.69. The zero-order chi connectivity index (χ0) is 16.2. The lowest BCUT2D eigenvalue weighted by atomic mass is 10.2. The van der Waals surface area contributed by atoms with E-state index in [1.807, 2.05) is 37.3 Å². The van der Waals surface area contributed by atoms with Crippen molar-refractivity contribution in [1.82, 2.24) is 9.29 Å². The molecule has 0 bridgehead atoms. The van der Waals surface area contributed by atoms with Gasteiger partial charge in [0.05, 0.1) is 17.3 Å². The quantitative estimate of drug-likeness (QED) is 0.840. The third kappa shape index (κ3) is 4.13. The van der Waals surface area contributed by atoms with Gasteiger partial charge in [-0.15, -0.1) is 11.3 Å². The lowest BCUT2D eigenvalue weighted by Crippen LogP contribution is -2.36. The van der Waals surface area contributed by atoms with Crippen LogP contribution in [-0.2, 0) is 16.6 Å². The highest BCUT2D eigenvalue weighted by molar-refractivity contribution is 7.91. The van der Waals surface area contributed by atoms with Gasteiger partial charge in [0.1, 0.15) is 0 Å². The first-order chi connectivity index (χ1) is 10.4. The van der Waals surface area contributed by atoms with Crippen LogP contribution >= 0.6 is 11.3 Å². The maximum absolute atomic E-state index is 12.8. The number of hydrogen-bond acceptors (Lipinski definition) is 5. The number of aliphatic hydroxyl groups excluding tert-OH is 1. The highest BCUT2D eigenvalue weighted by Crippen LogP contribution is 2.24. The molecule has 1 atom stereocenters. The molecule has 22 heavy (non-hydrogen) atoms. The summed E-state index contributed by atoms with van der Waals surface area (Å²) in [6, 6.07) is 9.37. The molecule has 0 unspecified atom stereocenters. The molecule has 5 nitrogen and oxygen atoms in total. The first-order valence-electron chi connectivity index (χ1n) is 7.08. The maximum Gasteiger partial charge on any atom is 0.254 e. The first-order valence-corrected chi connectivity index (χ1v) is 9.33. The molecule has 0 aliphatic carbocycles. The van der Waals surface area contributed by atoms with E-state index in [-0.39, 0.29) is 17.3 Å². The molecule has 0 saturated carbocycles. The van der Waals surface area contributed by atoms with E-state index in [0.29, 0.717) is 11.4 Å². The summed E-state index contributed by atoms with van der Waals surface area (Å²) in [4.78, 5) is 4.02. The SMILES string of the molecule is CC[C@H](O)CN(Cc1ccccc1)S(=O)(=O)c1cnc(C)s1. The van der Waals surface area contributed by atoms with Crippen LogP contribution in [-0.4, -0.2) is 35.5 Å². The van der Waals surface area contributed by atoms with E-state index < -0.39 is 16.1 Å².